The number of amides is 1. The number of sulfonamides is 1. The molecule has 1 atom stereocenters. The Kier molecular flexibility index (Phi) is 6.33. The summed E-state index contributed by atoms with van der Waals surface area (Å²) in [5, 5.41) is 0. The van der Waals surface area contributed by atoms with E-state index in [-0.39, 0.29) is 22.4 Å². The molecule has 0 radical (unpaired) electrons. The molecule has 0 saturated heterocycles. The molecular formula is C19H24N2O3S. The van der Waals surface area contributed by atoms with Crippen LogP contribution in [0.1, 0.15) is 48.7 Å². The topological polar surface area (TPSA) is 89.3 Å². The van der Waals surface area contributed by atoms with Gasteiger partial charge in [0.05, 0.1) is 4.90 Å². The zero-order valence-corrected chi connectivity index (χ0v) is 15.3. The number of rotatable bonds is 8. The van der Waals surface area contributed by atoms with Gasteiger partial charge in [0.1, 0.15) is 0 Å². The van der Waals surface area contributed by atoms with E-state index >= 15 is 0 Å². The minimum Gasteiger partial charge on any atom is -0.366 e. The zero-order valence-electron chi connectivity index (χ0n) is 14.5. The summed E-state index contributed by atoms with van der Waals surface area (Å²) in [6, 6.07) is 14.9. The van der Waals surface area contributed by atoms with Gasteiger partial charge in [-0.25, -0.2) is 13.1 Å². The van der Waals surface area contributed by atoms with Crippen molar-refractivity contribution in [2.45, 2.75) is 37.6 Å². The number of nitrogens with one attached hydrogen (secondary N) is 1. The van der Waals surface area contributed by atoms with E-state index in [1.807, 2.05) is 30.3 Å². The third kappa shape index (κ3) is 4.67. The third-order valence-electron chi connectivity index (χ3n) is 4.41. The summed E-state index contributed by atoms with van der Waals surface area (Å²) in [6.07, 6.45) is 1.72. The first-order chi connectivity index (χ1) is 11.9. The molecule has 5 nitrogen and oxygen atoms in total. The second-order valence-electron chi connectivity index (χ2n) is 5.97. The molecule has 2 rings (SSSR count). The van der Waals surface area contributed by atoms with E-state index in [9.17, 15) is 13.2 Å². The molecule has 0 aliphatic rings. The van der Waals surface area contributed by atoms with Gasteiger partial charge < -0.3 is 5.73 Å². The van der Waals surface area contributed by atoms with Crippen LogP contribution in [0.25, 0.3) is 0 Å². The predicted molar refractivity (Wildman–Crippen MR) is 98.5 cm³/mol. The number of carbonyl (C=O) groups excluding carboxylic acids is 1. The Morgan fingerprint density at radius 1 is 1.00 bits per heavy atom. The molecule has 3 N–H and O–H groups in total. The lowest BCUT2D eigenvalue weighted by Crippen LogP contribution is -2.33. The van der Waals surface area contributed by atoms with Crippen LogP contribution in [0.3, 0.4) is 0 Å². The molecule has 0 saturated carbocycles. The maximum absolute atomic E-state index is 12.8. The van der Waals surface area contributed by atoms with Crippen LogP contribution < -0.4 is 10.5 Å². The van der Waals surface area contributed by atoms with Crippen LogP contribution in [-0.4, -0.2) is 14.3 Å². The molecule has 0 bridgehead atoms. The SMILES string of the molecule is CCC(CC)C(NS(=O)(=O)c1ccc(C(N)=O)cc1)c1ccccc1. The van der Waals surface area contributed by atoms with Crippen molar-refractivity contribution < 1.29 is 13.2 Å². The van der Waals surface area contributed by atoms with Crippen molar-refractivity contribution >= 4 is 15.9 Å². The van der Waals surface area contributed by atoms with Crippen molar-refractivity contribution in [1.29, 1.82) is 0 Å². The third-order valence-corrected chi connectivity index (χ3v) is 5.87. The Bertz CT molecular complexity index is 798. The fraction of sp³-hybridized carbons (Fsp3) is 0.316. The van der Waals surface area contributed by atoms with E-state index < -0.39 is 15.9 Å². The summed E-state index contributed by atoms with van der Waals surface area (Å²) in [6.45, 7) is 4.11. The molecule has 1 unspecified atom stereocenters. The van der Waals surface area contributed by atoms with Gasteiger partial charge in [-0.2, -0.15) is 0 Å². The second-order valence-corrected chi connectivity index (χ2v) is 7.69. The van der Waals surface area contributed by atoms with Crippen LogP contribution in [0.4, 0.5) is 0 Å². The van der Waals surface area contributed by atoms with E-state index in [2.05, 4.69) is 18.6 Å². The largest absolute Gasteiger partial charge is 0.366 e. The first-order valence-corrected chi connectivity index (χ1v) is 9.84. The molecule has 1 amide bonds. The van der Waals surface area contributed by atoms with Crippen LogP contribution in [-0.2, 0) is 10.0 Å². The van der Waals surface area contributed by atoms with Gasteiger partial charge in [0, 0.05) is 11.6 Å². The summed E-state index contributed by atoms with van der Waals surface area (Å²) in [5.41, 5.74) is 6.42. The molecule has 0 aromatic heterocycles. The number of nitrogens with two attached hydrogens (primary N) is 1. The van der Waals surface area contributed by atoms with Crippen molar-refractivity contribution in [3.8, 4) is 0 Å². The quantitative estimate of drug-likeness (QED) is 0.757. The number of benzene rings is 2. The summed E-state index contributed by atoms with van der Waals surface area (Å²) in [4.78, 5) is 11.3. The number of primary amides is 1. The molecule has 2 aromatic carbocycles. The Labute approximate surface area is 149 Å². The lowest BCUT2D eigenvalue weighted by molar-refractivity contribution is 0.1000. The maximum atomic E-state index is 12.8. The lowest BCUT2D eigenvalue weighted by Gasteiger charge is -2.26. The fourth-order valence-corrected chi connectivity index (χ4v) is 4.18. The van der Waals surface area contributed by atoms with Crippen LogP contribution in [0.15, 0.2) is 59.5 Å². The Morgan fingerprint density at radius 3 is 2.04 bits per heavy atom. The molecule has 25 heavy (non-hydrogen) atoms. The highest BCUT2D eigenvalue weighted by molar-refractivity contribution is 7.89. The van der Waals surface area contributed by atoms with Gasteiger partial charge in [-0.1, -0.05) is 57.0 Å². The average molecular weight is 360 g/mol. The minimum absolute atomic E-state index is 0.115. The standard InChI is InChI=1S/C19H24N2O3S/c1-3-14(4-2)18(15-8-6-5-7-9-15)21-25(23,24)17-12-10-16(11-13-17)19(20)22/h5-14,18,21H,3-4H2,1-2H3,(H2,20,22). The molecular weight excluding hydrogens is 336 g/mol. The first kappa shape index (κ1) is 19.1. The Morgan fingerprint density at radius 2 is 1.56 bits per heavy atom. The van der Waals surface area contributed by atoms with Crippen molar-refractivity contribution in [2.24, 2.45) is 11.7 Å². The van der Waals surface area contributed by atoms with Crippen LogP contribution >= 0.6 is 0 Å². The van der Waals surface area contributed by atoms with E-state index in [4.69, 9.17) is 5.73 Å². The van der Waals surface area contributed by atoms with Gasteiger partial charge in [0.2, 0.25) is 15.9 Å². The highest BCUT2D eigenvalue weighted by atomic mass is 32.2. The van der Waals surface area contributed by atoms with Gasteiger partial charge in [-0.15, -0.1) is 0 Å². The molecule has 0 spiro atoms. The molecule has 6 heteroatoms. The number of hydrogen-bond donors (Lipinski definition) is 2. The van der Waals surface area contributed by atoms with Crippen molar-refractivity contribution in [3.63, 3.8) is 0 Å². The summed E-state index contributed by atoms with van der Waals surface area (Å²) >= 11 is 0. The monoisotopic (exact) mass is 360 g/mol. The summed E-state index contributed by atoms with van der Waals surface area (Å²) < 4.78 is 28.4. The van der Waals surface area contributed by atoms with Crippen LogP contribution in [0.5, 0.6) is 0 Å². The van der Waals surface area contributed by atoms with E-state index in [0.717, 1.165) is 18.4 Å². The predicted octanol–water partition coefficient (Wildman–Crippen LogP) is 3.24. The zero-order chi connectivity index (χ0) is 18.4. The van der Waals surface area contributed by atoms with Gasteiger partial charge in [-0.3, -0.25) is 4.79 Å². The lowest BCUT2D eigenvalue weighted by atomic mass is 9.90. The molecule has 2 aromatic rings. The maximum Gasteiger partial charge on any atom is 0.248 e. The second kappa shape index (κ2) is 8.27. The first-order valence-electron chi connectivity index (χ1n) is 8.36. The molecule has 0 aliphatic heterocycles. The highest BCUT2D eigenvalue weighted by Crippen LogP contribution is 2.29. The average Bonchev–Trinajstić information content (AvgIpc) is 2.62. The summed E-state index contributed by atoms with van der Waals surface area (Å²) in [5.74, 6) is -0.404. The smallest absolute Gasteiger partial charge is 0.248 e. The van der Waals surface area contributed by atoms with Gasteiger partial charge >= 0.3 is 0 Å². The van der Waals surface area contributed by atoms with Crippen molar-refractivity contribution in [2.75, 3.05) is 0 Å². The van der Waals surface area contributed by atoms with Gasteiger partial charge in [0.15, 0.2) is 0 Å². The number of carbonyl (C=O) groups is 1. The van der Waals surface area contributed by atoms with E-state index in [1.165, 1.54) is 24.3 Å². The molecule has 0 heterocycles. The van der Waals surface area contributed by atoms with Crippen LogP contribution in [0, 0.1) is 5.92 Å². The molecule has 134 valence electrons. The Balaban J connectivity index is 2.34. The Hall–Kier alpha value is -2.18. The van der Waals surface area contributed by atoms with Gasteiger partial charge in [-0.05, 0) is 35.7 Å². The molecule has 0 fully saturated rings. The van der Waals surface area contributed by atoms with Crippen LogP contribution in [0.2, 0.25) is 0 Å². The fourth-order valence-electron chi connectivity index (χ4n) is 2.89. The van der Waals surface area contributed by atoms with E-state index in [1.54, 1.807) is 0 Å². The van der Waals surface area contributed by atoms with E-state index in [0.29, 0.717) is 0 Å². The minimum atomic E-state index is -3.72. The van der Waals surface area contributed by atoms with Crippen molar-refractivity contribution in [1.82, 2.24) is 4.72 Å². The molecule has 0 aliphatic carbocycles. The summed E-state index contributed by atoms with van der Waals surface area (Å²) in [7, 11) is -3.72. The highest BCUT2D eigenvalue weighted by Gasteiger charge is 2.26. The van der Waals surface area contributed by atoms with Crippen molar-refractivity contribution in [3.05, 3.63) is 65.7 Å². The normalized spacial score (nSPS) is 12.9. The number of hydrogen-bond acceptors (Lipinski definition) is 3. The van der Waals surface area contributed by atoms with Gasteiger partial charge in [0.25, 0.3) is 0 Å².